The molecule has 2 aromatic heterocycles. The number of benzene rings is 1. The summed E-state index contributed by atoms with van der Waals surface area (Å²) in [6, 6.07) is 12.8. The van der Waals surface area contributed by atoms with Gasteiger partial charge in [-0.2, -0.15) is 0 Å². The molecule has 15 heavy (non-hydrogen) atoms. The molecule has 0 amide bonds. The van der Waals surface area contributed by atoms with E-state index in [4.69, 9.17) is 4.42 Å². The van der Waals surface area contributed by atoms with Crippen LogP contribution in [0.4, 0.5) is 0 Å². The van der Waals surface area contributed by atoms with Crippen molar-refractivity contribution in [3.05, 3.63) is 55.1 Å². The Bertz CT molecular complexity index is 584. The van der Waals surface area contributed by atoms with E-state index >= 15 is 0 Å². The summed E-state index contributed by atoms with van der Waals surface area (Å²) in [4.78, 5) is 4.11. The molecule has 1 radical (unpaired) electrons. The number of nitrogens with zero attached hydrogens (tertiary/aromatic N) is 1. The number of fused-ring (bicyclic) bond motifs is 1. The van der Waals surface area contributed by atoms with Crippen molar-refractivity contribution in [2.45, 2.75) is 0 Å². The van der Waals surface area contributed by atoms with Gasteiger partial charge in [0.15, 0.2) is 0 Å². The van der Waals surface area contributed by atoms with Crippen LogP contribution in [0.25, 0.3) is 22.1 Å². The monoisotopic (exact) mass is 194 g/mol. The van der Waals surface area contributed by atoms with Gasteiger partial charge in [0.1, 0.15) is 5.58 Å². The Morgan fingerprint density at radius 2 is 2.20 bits per heavy atom. The lowest BCUT2D eigenvalue weighted by Crippen LogP contribution is -1.79. The van der Waals surface area contributed by atoms with Gasteiger partial charge in [-0.25, -0.2) is 0 Å². The zero-order chi connectivity index (χ0) is 10.1. The van der Waals surface area contributed by atoms with Crippen LogP contribution in [0.3, 0.4) is 0 Å². The molecule has 2 nitrogen and oxygen atoms in total. The minimum atomic E-state index is 0.858. The van der Waals surface area contributed by atoms with E-state index in [1.165, 1.54) is 0 Å². The Balaban J connectivity index is 2.31. The summed E-state index contributed by atoms with van der Waals surface area (Å²) in [5.41, 5.74) is 3.05. The zero-order valence-corrected chi connectivity index (χ0v) is 7.97. The molecule has 0 fully saturated rings. The largest absolute Gasteiger partial charge is 0.464 e. The normalized spacial score (nSPS) is 10.7. The third kappa shape index (κ3) is 1.31. The van der Waals surface area contributed by atoms with Gasteiger partial charge >= 0.3 is 0 Å². The molecule has 3 rings (SSSR count). The highest BCUT2D eigenvalue weighted by atomic mass is 16.3. The minimum absolute atomic E-state index is 0.858. The maximum atomic E-state index is 5.33. The second kappa shape index (κ2) is 3.24. The number of hydrogen-bond donors (Lipinski definition) is 0. The summed E-state index contributed by atoms with van der Waals surface area (Å²) in [5.74, 6) is 0. The average Bonchev–Trinajstić information content (AvgIpc) is 2.78. The second-order valence-corrected chi connectivity index (χ2v) is 3.31. The Labute approximate surface area is 87.2 Å². The molecule has 0 aliphatic rings. The Morgan fingerprint density at radius 1 is 1.20 bits per heavy atom. The average molecular weight is 194 g/mol. The molecule has 71 valence electrons. The smallest absolute Gasteiger partial charge is 0.135 e. The standard InChI is InChI=1S/C13H8NO/c1-4-11(10-3-2-7-14-9-10)12-6-8-15-13(12)5-1/h2-9H. The number of aromatic nitrogens is 1. The van der Waals surface area contributed by atoms with E-state index in [0.717, 1.165) is 22.1 Å². The summed E-state index contributed by atoms with van der Waals surface area (Å²) in [6.07, 6.45) is 5.30. The van der Waals surface area contributed by atoms with Gasteiger partial charge in [0.25, 0.3) is 0 Å². The van der Waals surface area contributed by atoms with E-state index in [2.05, 4.69) is 11.1 Å². The van der Waals surface area contributed by atoms with E-state index in [0.29, 0.717) is 0 Å². The number of rotatable bonds is 1. The van der Waals surface area contributed by atoms with Gasteiger partial charge in [-0.15, -0.1) is 0 Å². The van der Waals surface area contributed by atoms with Crippen molar-refractivity contribution >= 4 is 11.0 Å². The van der Waals surface area contributed by atoms with E-state index < -0.39 is 0 Å². The first-order valence-corrected chi connectivity index (χ1v) is 4.73. The Morgan fingerprint density at radius 3 is 3.07 bits per heavy atom. The van der Waals surface area contributed by atoms with E-state index in [1.54, 1.807) is 12.5 Å². The first kappa shape index (κ1) is 8.24. The Kier molecular flexibility index (Phi) is 1.78. The molecule has 0 N–H and O–H groups in total. The van der Waals surface area contributed by atoms with Gasteiger partial charge in [0.05, 0.1) is 6.26 Å². The molecule has 0 aliphatic carbocycles. The first-order chi connectivity index (χ1) is 7.45. The van der Waals surface area contributed by atoms with Crippen LogP contribution in [0, 0.1) is 6.07 Å². The topological polar surface area (TPSA) is 26.0 Å². The fourth-order valence-electron chi connectivity index (χ4n) is 1.69. The van der Waals surface area contributed by atoms with Crippen LogP contribution in [0.15, 0.2) is 53.4 Å². The van der Waals surface area contributed by atoms with E-state index in [-0.39, 0.29) is 0 Å². The molecule has 0 aliphatic heterocycles. The molecule has 0 saturated carbocycles. The Hall–Kier alpha value is -2.09. The van der Waals surface area contributed by atoms with Gasteiger partial charge < -0.3 is 4.42 Å². The van der Waals surface area contributed by atoms with Crippen molar-refractivity contribution in [2.24, 2.45) is 0 Å². The first-order valence-electron chi connectivity index (χ1n) is 4.73. The fraction of sp³-hybridized carbons (Fsp3) is 0. The molecule has 3 aromatic rings. The van der Waals surface area contributed by atoms with Crippen molar-refractivity contribution in [1.29, 1.82) is 0 Å². The molecule has 0 atom stereocenters. The summed E-state index contributed by atoms with van der Waals surface area (Å²) in [7, 11) is 0. The van der Waals surface area contributed by atoms with Crippen molar-refractivity contribution in [2.75, 3.05) is 0 Å². The number of furan rings is 1. The third-order valence-electron chi connectivity index (χ3n) is 2.40. The summed E-state index contributed by atoms with van der Waals surface area (Å²) >= 11 is 0. The highest BCUT2D eigenvalue weighted by Crippen LogP contribution is 2.28. The zero-order valence-electron chi connectivity index (χ0n) is 7.97. The molecule has 2 heteroatoms. The molecule has 0 bridgehead atoms. The van der Waals surface area contributed by atoms with Crippen LogP contribution in [-0.2, 0) is 0 Å². The molecule has 0 unspecified atom stereocenters. The second-order valence-electron chi connectivity index (χ2n) is 3.31. The predicted octanol–water partition coefficient (Wildman–Crippen LogP) is 3.29. The third-order valence-corrected chi connectivity index (χ3v) is 2.40. The van der Waals surface area contributed by atoms with Crippen molar-refractivity contribution in [1.82, 2.24) is 4.98 Å². The van der Waals surface area contributed by atoms with Crippen molar-refractivity contribution in [3.63, 3.8) is 0 Å². The van der Waals surface area contributed by atoms with Crippen LogP contribution >= 0.6 is 0 Å². The number of hydrogen-bond acceptors (Lipinski definition) is 2. The molecule has 1 aromatic carbocycles. The van der Waals surface area contributed by atoms with E-state index in [9.17, 15) is 0 Å². The van der Waals surface area contributed by atoms with Crippen molar-refractivity contribution in [3.8, 4) is 11.1 Å². The molecule has 2 heterocycles. The van der Waals surface area contributed by atoms with Crippen LogP contribution in [0.1, 0.15) is 0 Å². The fourth-order valence-corrected chi connectivity index (χ4v) is 1.69. The van der Waals surface area contributed by atoms with Gasteiger partial charge in [-0.1, -0.05) is 6.07 Å². The highest BCUT2D eigenvalue weighted by molar-refractivity contribution is 5.93. The molecular formula is C13H8NO. The van der Waals surface area contributed by atoms with Gasteiger partial charge in [-0.3, -0.25) is 4.98 Å². The van der Waals surface area contributed by atoms with Gasteiger partial charge in [0, 0.05) is 23.3 Å². The molecular weight excluding hydrogens is 186 g/mol. The van der Waals surface area contributed by atoms with Crippen LogP contribution < -0.4 is 0 Å². The molecule has 0 spiro atoms. The lowest BCUT2D eigenvalue weighted by molar-refractivity contribution is 0.616. The maximum Gasteiger partial charge on any atom is 0.135 e. The lowest BCUT2D eigenvalue weighted by Gasteiger charge is -2.00. The van der Waals surface area contributed by atoms with Crippen LogP contribution in [-0.4, -0.2) is 4.98 Å². The van der Waals surface area contributed by atoms with Gasteiger partial charge in [0.2, 0.25) is 0 Å². The van der Waals surface area contributed by atoms with Gasteiger partial charge in [-0.05, 0) is 35.9 Å². The van der Waals surface area contributed by atoms with Crippen LogP contribution in [0.2, 0.25) is 0 Å². The quantitative estimate of drug-likeness (QED) is 0.594. The summed E-state index contributed by atoms with van der Waals surface area (Å²) < 4.78 is 5.33. The van der Waals surface area contributed by atoms with E-state index in [1.807, 2.05) is 36.5 Å². The molecule has 0 saturated heterocycles. The van der Waals surface area contributed by atoms with Crippen molar-refractivity contribution < 1.29 is 4.42 Å². The number of pyridine rings is 1. The predicted molar refractivity (Wildman–Crippen MR) is 58.3 cm³/mol. The maximum absolute atomic E-state index is 5.33. The SMILES string of the molecule is [c]1cc(-c2cccnc2)c2ccoc2c1. The van der Waals surface area contributed by atoms with Crippen LogP contribution in [0.5, 0.6) is 0 Å². The minimum Gasteiger partial charge on any atom is -0.464 e. The highest BCUT2D eigenvalue weighted by Gasteiger charge is 2.04. The lowest BCUT2D eigenvalue weighted by atomic mass is 10.0. The summed E-state index contributed by atoms with van der Waals surface area (Å²) in [6.45, 7) is 0. The summed E-state index contributed by atoms with van der Waals surface area (Å²) in [5, 5.41) is 1.10.